The van der Waals surface area contributed by atoms with Crippen molar-refractivity contribution < 1.29 is 31.8 Å². The molecule has 12 heteroatoms. The minimum Gasteiger partial charge on any atom is -0.473 e. The lowest BCUT2D eigenvalue weighted by Gasteiger charge is -2.29. The average molecular weight is 504 g/mol. The first-order valence-corrected chi connectivity index (χ1v) is 10.8. The number of morpholine rings is 1. The highest BCUT2D eigenvalue weighted by molar-refractivity contribution is 5.48. The second-order valence-corrected chi connectivity index (χ2v) is 7.87. The van der Waals surface area contributed by atoms with Gasteiger partial charge in [-0.1, -0.05) is 6.07 Å². The third-order valence-electron chi connectivity index (χ3n) is 5.45. The topological polar surface area (TPSA) is 89.6 Å². The highest BCUT2D eigenvalue weighted by Crippen LogP contribution is 2.35. The molecule has 1 fully saturated rings. The molecular weight excluding hydrogens is 484 g/mol. The molecule has 36 heavy (non-hydrogen) atoms. The first-order chi connectivity index (χ1) is 17.2. The summed E-state index contributed by atoms with van der Waals surface area (Å²) in [6.45, 7) is 2.26. The van der Waals surface area contributed by atoms with Crippen LogP contribution in [0.15, 0.2) is 47.3 Å². The van der Waals surface area contributed by atoms with E-state index >= 15 is 0 Å². The summed E-state index contributed by atoms with van der Waals surface area (Å²) >= 11 is 0. The van der Waals surface area contributed by atoms with Gasteiger partial charge < -0.3 is 19.1 Å². The second-order valence-electron chi connectivity index (χ2n) is 7.87. The molecular formula is C24H20F4N4O4. The zero-order valence-electron chi connectivity index (χ0n) is 19.0. The van der Waals surface area contributed by atoms with Crippen LogP contribution in [-0.2, 0) is 24.6 Å². The summed E-state index contributed by atoms with van der Waals surface area (Å²) in [6, 6.07) is 10.2. The van der Waals surface area contributed by atoms with E-state index in [9.17, 15) is 27.6 Å². The Balaban J connectivity index is 1.50. The van der Waals surface area contributed by atoms with E-state index in [1.807, 2.05) is 11.0 Å². The summed E-state index contributed by atoms with van der Waals surface area (Å²) in [4.78, 5) is 18.2. The normalized spacial score (nSPS) is 13.8. The van der Waals surface area contributed by atoms with Crippen molar-refractivity contribution in [2.45, 2.75) is 12.8 Å². The van der Waals surface area contributed by atoms with Crippen LogP contribution in [0.3, 0.4) is 0 Å². The molecule has 188 valence electrons. The monoisotopic (exact) mass is 504 g/mol. The smallest absolute Gasteiger partial charge is 0.419 e. The van der Waals surface area contributed by atoms with Crippen LogP contribution < -0.4 is 20.1 Å². The van der Waals surface area contributed by atoms with Crippen LogP contribution in [0.1, 0.15) is 16.7 Å². The van der Waals surface area contributed by atoms with Crippen LogP contribution in [0.2, 0.25) is 0 Å². The van der Waals surface area contributed by atoms with Crippen molar-refractivity contribution in [3.63, 3.8) is 0 Å². The van der Waals surface area contributed by atoms with Crippen LogP contribution in [0.25, 0.3) is 0 Å². The Bertz CT molecular complexity index is 1360. The van der Waals surface area contributed by atoms with Gasteiger partial charge in [-0.05, 0) is 35.9 Å². The molecule has 1 aromatic heterocycles. The average Bonchev–Trinajstić information content (AvgIpc) is 2.86. The van der Waals surface area contributed by atoms with Crippen LogP contribution in [0.5, 0.6) is 17.4 Å². The minimum absolute atomic E-state index is 0.0118. The molecule has 1 saturated heterocycles. The Labute approximate surface area is 202 Å². The van der Waals surface area contributed by atoms with Crippen molar-refractivity contribution in [1.82, 2.24) is 9.55 Å². The molecule has 1 aliphatic heterocycles. The van der Waals surface area contributed by atoms with E-state index in [0.717, 1.165) is 6.07 Å². The van der Waals surface area contributed by atoms with Gasteiger partial charge in [0, 0.05) is 26.2 Å². The van der Waals surface area contributed by atoms with Crippen LogP contribution >= 0.6 is 0 Å². The molecule has 0 spiro atoms. The maximum absolute atomic E-state index is 13.5. The quantitative estimate of drug-likeness (QED) is 0.469. The summed E-state index contributed by atoms with van der Waals surface area (Å²) in [5, 5.41) is 9.50. The highest BCUT2D eigenvalue weighted by Gasteiger charge is 2.34. The van der Waals surface area contributed by atoms with E-state index in [0.29, 0.717) is 49.8 Å². The molecule has 4 rings (SSSR count). The van der Waals surface area contributed by atoms with Crippen molar-refractivity contribution in [3.8, 4) is 23.4 Å². The fourth-order valence-electron chi connectivity index (χ4n) is 3.59. The molecule has 0 saturated carbocycles. The number of benzene rings is 2. The van der Waals surface area contributed by atoms with Gasteiger partial charge in [0.2, 0.25) is 5.88 Å². The molecule has 0 atom stereocenters. The molecule has 8 nitrogen and oxygen atoms in total. The maximum Gasteiger partial charge on any atom is 0.419 e. The summed E-state index contributed by atoms with van der Waals surface area (Å²) in [5.41, 5.74) is -1.40. The zero-order valence-corrected chi connectivity index (χ0v) is 19.0. The molecule has 3 aromatic rings. The lowest BCUT2D eigenvalue weighted by molar-refractivity contribution is -0.140. The van der Waals surface area contributed by atoms with E-state index in [2.05, 4.69) is 4.98 Å². The predicted molar refractivity (Wildman–Crippen MR) is 119 cm³/mol. The van der Waals surface area contributed by atoms with Crippen molar-refractivity contribution >= 4 is 5.82 Å². The SMILES string of the molecule is Cn1c(N2CCOCC2)cc(OCc2ccc(Oc3ccc(F)c(C(F)(F)F)c3)c(C#N)c2)nc1=O. The number of rotatable bonds is 6. The summed E-state index contributed by atoms with van der Waals surface area (Å²) in [5.74, 6) is -0.979. The molecule has 2 heterocycles. The molecule has 0 bridgehead atoms. The molecule has 0 aliphatic carbocycles. The molecule has 0 amide bonds. The van der Waals surface area contributed by atoms with Crippen molar-refractivity contribution in [2.24, 2.45) is 7.05 Å². The zero-order chi connectivity index (χ0) is 25.9. The number of halogens is 4. The Hall–Kier alpha value is -4.11. The summed E-state index contributed by atoms with van der Waals surface area (Å²) in [7, 11) is 1.61. The first kappa shape index (κ1) is 25.0. The summed E-state index contributed by atoms with van der Waals surface area (Å²) in [6.07, 6.45) is -4.89. The third-order valence-corrected chi connectivity index (χ3v) is 5.45. The van der Waals surface area contributed by atoms with Gasteiger partial charge in [0.1, 0.15) is 35.8 Å². The number of hydrogen-bond acceptors (Lipinski definition) is 7. The Morgan fingerprint density at radius 3 is 2.58 bits per heavy atom. The largest absolute Gasteiger partial charge is 0.473 e. The fraction of sp³-hybridized carbons (Fsp3) is 0.292. The van der Waals surface area contributed by atoms with E-state index in [1.165, 1.54) is 16.7 Å². The fourth-order valence-corrected chi connectivity index (χ4v) is 3.59. The van der Waals surface area contributed by atoms with E-state index in [4.69, 9.17) is 14.2 Å². The Morgan fingerprint density at radius 2 is 1.89 bits per heavy atom. The third kappa shape index (κ3) is 5.58. The van der Waals surface area contributed by atoms with E-state index in [1.54, 1.807) is 19.2 Å². The summed E-state index contributed by atoms with van der Waals surface area (Å²) < 4.78 is 70.3. The lowest BCUT2D eigenvalue weighted by atomic mass is 10.1. The maximum atomic E-state index is 13.5. The molecule has 1 aliphatic rings. The van der Waals surface area contributed by atoms with Gasteiger partial charge in [0.15, 0.2) is 0 Å². The predicted octanol–water partition coefficient (Wildman–Crippen LogP) is 4.02. The molecule has 2 aromatic carbocycles. The van der Waals surface area contributed by atoms with Crippen molar-refractivity contribution in [3.05, 3.63) is 75.5 Å². The van der Waals surface area contributed by atoms with Gasteiger partial charge in [0.25, 0.3) is 0 Å². The van der Waals surface area contributed by atoms with Gasteiger partial charge in [-0.25, -0.2) is 9.18 Å². The molecule has 0 unspecified atom stereocenters. The van der Waals surface area contributed by atoms with Gasteiger partial charge in [-0.15, -0.1) is 0 Å². The number of hydrogen-bond donors (Lipinski definition) is 0. The number of nitrogens with zero attached hydrogens (tertiary/aromatic N) is 4. The first-order valence-electron chi connectivity index (χ1n) is 10.8. The van der Waals surface area contributed by atoms with E-state index < -0.39 is 23.2 Å². The van der Waals surface area contributed by atoms with Gasteiger partial charge in [-0.3, -0.25) is 4.57 Å². The van der Waals surface area contributed by atoms with Gasteiger partial charge in [0.05, 0.1) is 24.3 Å². The Morgan fingerprint density at radius 1 is 1.14 bits per heavy atom. The standard InChI is InChI=1S/C24H20F4N4O4/c1-31-22(32-6-8-34-9-7-32)12-21(30-23(31)33)35-14-15-2-5-20(16(10-15)13-29)36-17-3-4-19(25)18(11-17)24(26,27)28/h2-5,10-12H,6-9,14H2,1H3. The van der Waals surface area contributed by atoms with Crippen molar-refractivity contribution in [1.29, 1.82) is 5.26 Å². The number of aromatic nitrogens is 2. The number of alkyl halides is 3. The van der Waals surface area contributed by atoms with Crippen LogP contribution in [-0.4, -0.2) is 35.9 Å². The van der Waals surface area contributed by atoms with Crippen LogP contribution in [0.4, 0.5) is 23.4 Å². The van der Waals surface area contributed by atoms with E-state index in [-0.39, 0.29) is 29.5 Å². The van der Waals surface area contributed by atoms with Crippen molar-refractivity contribution in [2.75, 3.05) is 31.2 Å². The number of nitriles is 1. The molecule has 0 N–H and O–H groups in total. The molecule has 0 radical (unpaired) electrons. The number of anilines is 1. The minimum atomic E-state index is -4.89. The van der Waals surface area contributed by atoms with Gasteiger partial charge in [-0.2, -0.15) is 23.4 Å². The van der Waals surface area contributed by atoms with Gasteiger partial charge >= 0.3 is 11.9 Å². The van der Waals surface area contributed by atoms with Crippen LogP contribution in [0, 0.1) is 17.1 Å². The second kappa shape index (κ2) is 10.2. The number of ether oxygens (including phenoxy) is 3. The Kier molecular flexibility index (Phi) is 7.12. The highest BCUT2D eigenvalue weighted by atomic mass is 19.4. The lowest BCUT2D eigenvalue weighted by Crippen LogP contribution is -2.39.